The molecule has 0 spiro atoms. The van der Waals surface area contributed by atoms with Crippen molar-refractivity contribution in [1.29, 1.82) is 0 Å². The van der Waals surface area contributed by atoms with Crippen LogP contribution in [0.1, 0.15) is 16.3 Å². The molecule has 0 aliphatic rings. The number of methoxy groups -OCH3 is 1. The molecule has 0 radical (unpaired) electrons. The van der Waals surface area contributed by atoms with E-state index in [0.29, 0.717) is 24.7 Å². The monoisotopic (exact) mass is 357 g/mol. The van der Waals surface area contributed by atoms with Gasteiger partial charge in [-0.05, 0) is 6.92 Å². The smallest absolute Gasteiger partial charge is 0.378 e. The predicted octanol–water partition coefficient (Wildman–Crippen LogP) is -0.308. The van der Waals surface area contributed by atoms with Gasteiger partial charge in [-0.2, -0.15) is 9.50 Å². The van der Waals surface area contributed by atoms with Crippen molar-refractivity contribution in [2.75, 3.05) is 44.2 Å². The van der Waals surface area contributed by atoms with Crippen LogP contribution in [0.3, 0.4) is 0 Å². The molecule has 0 fully saturated rings. The number of carbonyl (C=O) groups excluding carboxylic acids is 1. The fraction of sp³-hybridized carbons (Fsp3) is 0.538. The number of anilines is 1. The highest BCUT2D eigenvalue weighted by Gasteiger charge is 2.16. The summed E-state index contributed by atoms with van der Waals surface area (Å²) in [5, 5.41) is 7.15. The average molecular weight is 357 g/mol. The standard InChI is InChI=1S/C13H19N5O5S/c1-9-8-10(14-4-5-23-6-7-24(3,20)21)18-13(15-9)16-11(17-18)12(19)22-2/h8,14H,4-7H2,1-3H3. The number of nitrogens with one attached hydrogen (secondary N) is 1. The summed E-state index contributed by atoms with van der Waals surface area (Å²) >= 11 is 0. The largest absolute Gasteiger partial charge is 0.463 e. The summed E-state index contributed by atoms with van der Waals surface area (Å²) in [6.07, 6.45) is 1.16. The zero-order valence-electron chi connectivity index (χ0n) is 13.6. The van der Waals surface area contributed by atoms with Crippen molar-refractivity contribution in [3.63, 3.8) is 0 Å². The Bertz CT molecular complexity index is 833. The highest BCUT2D eigenvalue weighted by Crippen LogP contribution is 2.11. The maximum absolute atomic E-state index is 11.5. The summed E-state index contributed by atoms with van der Waals surface area (Å²) in [5.41, 5.74) is 0.701. The van der Waals surface area contributed by atoms with Crippen LogP contribution in [0.4, 0.5) is 5.82 Å². The van der Waals surface area contributed by atoms with Gasteiger partial charge in [0.25, 0.3) is 11.6 Å². The van der Waals surface area contributed by atoms with Crippen molar-refractivity contribution in [2.45, 2.75) is 6.92 Å². The zero-order chi connectivity index (χ0) is 17.7. The number of fused-ring (bicyclic) bond motifs is 1. The number of aromatic nitrogens is 4. The Morgan fingerprint density at radius 3 is 2.75 bits per heavy atom. The van der Waals surface area contributed by atoms with Gasteiger partial charge in [-0.1, -0.05) is 0 Å². The number of carbonyl (C=O) groups is 1. The number of hydrogen-bond acceptors (Lipinski definition) is 9. The first kappa shape index (κ1) is 18.1. The quantitative estimate of drug-likeness (QED) is 0.500. The van der Waals surface area contributed by atoms with Gasteiger partial charge in [0.2, 0.25) is 0 Å². The highest BCUT2D eigenvalue weighted by atomic mass is 32.2. The summed E-state index contributed by atoms with van der Waals surface area (Å²) in [5.74, 6) is 0.121. The summed E-state index contributed by atoms with van der Waals surface area (Å²) < 4.78 is 33.2. The van der Waals surface area contributed by atoms with Gasteiger partial charge in [0.05, 0.1) is 26.1 Å². The van der Waals surface area contributed by atoms with Crippen LogP contribution in [0.2, 0.25) is 0 Å². The van der Waals surface area contributed by atoms with E-state index in [1.807, 2.05) is 0 Å². The Hall–Kier alpha value is -2.27. The van der Waals surface area contributed by atoms with Gasteiger partial charge in [0.15, 0.2) is 0 Å². The van der Waals surface area contributed by atoms with E-state index in [4.69, 9.17) is 4.74 Å². The van der Waals surface area contributed by atoms with E-state index >= 15 is 0 Å². The first-order valence-corrected chi connectivity index (χ1v) is 9.18. The van der Waals surface area contributed by atoms with Crippen LogP contribution < -0.4 is 5.32 Å². The van der Waals surface area contributed by atoms with Crippen LogP contribution in [0.25, 0.3) is 5.78 Å². The Morgan fingerprint density at radius 2 is 2.08 bits per heavy atom. The van der Waals surface area contributed by atoms with E-state index in [-0.39, 0.29) is 24.0 Å². The van der Waals surface area contributed by atoms with Crippen molar-refractivity contribution in [1.82, 2.24) is 19.6 Å². The van der Waals surface area contributed by atoms with Gasteiger partial charge in [-0.3, -0.25) is 0 Å². The van der Waals surface area contributed by atoms with Gasteiger partial charge in [-0.25, -0.2) is 18.2 Å². The van der Waals surface area contributed by atoms with E-state index in [2.05, 4.69) is 25.1 Å². The molecule has 0 unspecified atom stereocenters. The number of aryl methyl sites for hydroxylation is 1. The molecule has 0 saturated heterocycles. The molecule has 11 heteroatoms. The molecular formula is C13H19N5O5S. The number of ether oxygens (including phenoxy) is 2. The minimum atomic E-state index is -3.03. The number of nitrogens with zero attached hydrogens (tertiary/aromatic N) is 4. The van der Waals surface area contributed by atoms with Gasteiger partial charge in [-0.15, -0.1) is 5.10 Å². The molecule has 0 bridgehead atoms. The molecular weight excluding hydrogens is 338 g/mol. The lowest BCUT2D eigenvalue weighted by Gasteiger charge is -2.09. The summed E-state index contributed by atoms with van der Waals surface area (Å²) in [6.45, 7) is 2.67. The van der Waals surface area contributed by atoms with Crippen LogP contribution >= 0.6 is 0 Å². The highest BCUT2D eigenvalue weighted by molar-refractivity contribution is 7.90. The number of hydrogen-bond donors (Lipinski definition) is 1. The third-order valence-electron chi connectivity index (χ3n) is 2.96. The molecule has 0 aliphatic heterocycles. The van der Waals surface area contributed by atoms with Gasteiger partial charge in [0, 0.05) is 24.6 Å². The Balaban J connectivity index is 2.00. The van der Waals surface area contributed by atoms with Crippen LogP contribution in [0.5, 0.6) is 0 Å². The lowest BCUT2D eigenvalue weighted by atomic mass is 10.4. The van der Waals surface area contributed by atoms with Crippen molar-refractivity contribution in [3.8, 4) is 0 Å². The first-order chi connectivity index (χ1) is 11.3. The van der Waals surface area contributed by atoms with Crippen LogP contribution in [0.15, 0.2) is 6.07 Å². The SMILES string of the molecule is COC(=O)c1nc2nc(C)cc(NCCOCCS(C)(=O)=O)n2n1. The molecule has 24 heavy (non-hydrogen) atoms. The molecule has 0 amide bonds. The second kappa shape index (κ2) is 7.53. The van der Waals surface area contributed by atoms with Crippen LogP contribution in [-0.4, -0.2) is 72.8 Å². The fourth-order valence-electron chi connectivity index (χ4n) is 1.85. The van der Waals surface area contributed by atoms with Gasteiger partial charge >= 0.3 is 5.97 Å². The third-order valence-corrected chi connectivity index (χ3v) is 3.87. The fourth-order valence-corrected chi connectivity index (χ4v) is 2.27. The topological polar surface area (TPSA) is 125 Å². The minimum Gasteiger partial charge on any atom is -0.463 e. The summed E-state index contributed by atoms with van der Waals surface area (Å²) in [7, 11) is -1.78. The second-order valence-electron chi connectivity index (χ2n) is 5.09. The molecule has 2 heterocycles. The third kappa shape index (κ3) is 4.86. The summed E-state index contributed by atoms with van der Waals surface area (Å²) in [4.78, 5) is 19.7. The van der Waals surface area contributed by atoms with Crippen molar-refractivity contribution in [2.24, 2.45) is 0 Å². The second-order valence-corrected chi connectivity index (χ2v) is 7.35. The number of esters is 1. The van der Waals surface area contributed by atoms with E-state index in [1.54, 1.807) is 13.0 Å². The number of sulfone groups is 1. The van der Waals surface area contributed by atoms with Gasteiger partial charge < -0.3 is 14.8 Å². The molecule has 0 atom stereocenters. The first-order valence-electron chi connectivity index (χ1n) is 7.12. The Morgan fingerprint density at radius 1 is 1.33 bits per heavy atom. The molecule has 0 saturated carbocycles. The molecule has 2 rings (SSSR count). The minimum absolute atomic E-state index is 0.0167. The molecule has 2 aromatic rings. The average Bonchev–Trinajstić information content (AvgIpc) is 2.92. The predicted molar refractivity (Wildman–Crippen MR) is 85.9 cm³/mol. The zero-order valence-corrected chi connectivity index (χ0v) is 14.5. The normalized spacial score (nSPS) is 11.6. The molecule has 132 valence electrons. The van der Waals surface area contributed by atoms with Crippen molar-refractivity contribution < 1.29 is 22.7 Å². The lowest BCUT2D eigenvalue weighted by molar-refractivity contribution is 0.0587. The van der Waals surface area contributed by atoms with E-state index < -0.39 is 15.8 Å². The van der Waals surface area contributed by atoms with Crippen LogP contribution in [-0.2, 0) is 19.3 Å². The maximum Gasteiger partial charge on any atom is 0.378 e. The van der Waals surface area contributed by atoms with Crippen LogP contribution in [0, 0.1) is 6.92 Å². The van der Waals surface area contributed by atoms with E-state index in [0.717, 1.165) is 6.26 Å². The van der Waals surface area contributed by atoms with E-state index in [1.165, 1.54) is 11.6 Å². The number of rotatable bonds is 8. The molecule has 0 aliphatic carbocycles. The van der Waals surface area contributed by atoms with Crippen molar-refractivity contribution >= 4 is 27.4 Å². The molecule has 2 aromatic heterocycles. The molecule has 1 N–H and O–H groups in total. The molecule has 0 aromatic carbocycles. The Kier molecular flexibility index (Phi) is 5.67. The Labute approximate surface area is 139 Å². The summed E-state index contributed by atoms with van der Waals surface area (Å²) in [6, 6.07) is 1.75. The van der Waals surface area contributed by atoms with Crippen molar-refractivity contribution in [3.05, 3.63) is 17.6 Å². The maximum atomic E-state index is 11.5. The van der Waals surface area contributed by atoms with E-state index in [9.17, 15) is 13.2 Å². The lowest BCUT2D eigenvalue weighted by Crippen LogP contribution is -2.16. The molecule has 10 nitrogen and oxygen atoms in total. The van der Waals surface area contributed by atoms with Gasteiger partial charge in [0.1, 0.15) is 15.7 Å².